The van der Waals surface area contributed by atoms with Crippen LogP contribution in [-0.2, 0) is 9.53 Å². The summed E-state index contributed by atoms with van der Waals surface area (Å²) in [5, 5.41) is 73.0. The highest BCUT2D eigenvalue weighted by Crippen LogP contribution is 2.23. The number of allylic oxidation sites excluding steroid dienone is 8. The number of cyclic esters (lactones) is 1. The zero-order valence-corrected chi connectivity index (χ0v) is 26.8. The Labute approximate surface area is 264 Å². The lowest BCUT2D eigenvalue weighted by atomic mass is 9.92. The van der Waals surface area contributed by atoms with Crippen molar-refractivity contribution >= 4 is 5.97 Å². The zero-order chi connectivity index (χ0) is 32.9. The number of aliphatic hydroxyl groups excluding tert-OH is 7. The third kappa shape index (κ3) is 18.6. The summed E-state index contributed by atoms with van der Waals surface area (Å²) in [4.78, 5) is 13.0. The summed E-state index contributed by atoms with van der Waals surface area (Å²) in [6.45, 7) is 5.48. The van der Waals surface area contributed by atoms with Gasteiger partial charge in [-0.3, -0.25) is 4.79 Å². The van der Waals surface area contributed by atoms with E-state index in [9.17, 15) is 40.5 Å². The van der Waals surface area contributed by atoms with Crippen molar-refractivity contribution in [2.75, 3.05) is 0 Å². The summed E-state index contributed by atoms with van der Waals surface area (Å²) < 4.78 is 5.60. The van der Waals surface area contributed by atoms with Crippen LogP contribution in [0.2, 0.25) is 0 Å². The van der Waals surface area contributed by atoms with E-state index in [2.05, 4.69) is 6.92 Å². The van der Waals surface area contributed by atoms with Crippen LogP contribution in [0.3, 0.4) is 0 Å². The average molecular weight is 623 g/mol. The average Bonchev–Trinajstić information content (AvgIpc) is 2.94. The maximum absolute atomic E-state index is 13.0. The predicted octanol–water partition coefficient (Wildman–Crippen LogP) is 3.95. The molecule has 0 saturated heterocycles. The Morgan fingerprint density at radius 2 is 1.20 bits per heavy atom. The molecule has 1 aliphatic heterocycles. The number of hydrogen-bond donors (Lipinski definition) is 7. The molecule has 0 amide bonds. The van der Waals surface area contributed by atoms with Crippen molar-refractivity contribution < 1.29 is 45.3 Å². The summed E-state index contributed by atoms with van der Waals surface area (Å²) in [6, 6.07) is 0. The number of esters is 1. The molecule has 0 bridgehead atoms. The summed E-state index contributed by atoms with van der Waals surface area (Å²) >= 11 is 0. The molecule has 0 saturated carbocycles. The van der Waals surface area contributed by atoms with E-state index in [0.717, 1.165) is 25.7 Å². The van der Waals surface area contributed by atoms with Gasteiger partial charge in [-0.15, -0.1) is 0 Å². The Kier molecular flexibility index (Phi) is 21.1. The molecule has 9 heteroatoms. The van der Waals surface area contributed by atoms with Gasteiger partial charge in [0.1, 0.15) is 12.2 Å². The minimum absolute atomic E-state index is 0.00223. The molecule has 1 rings (SSSR count). The van der Waals surface area contributed by atoms with Crippen molar-refractivity contribution in [2.45, 2.75) is 147 Å². The fraction of sp³-hybridized carbons (Fsp3) is 0.686. The minimum atomic E-state index is -1.05. The van der Waals surface area contributed by atoms with Gasteiger partial charge in [0.25, 0.3) is 0 Å². The second-order valence-electron chi connectivity index (χ2n) is 12.2. The lowest BCUT2D eigenvalue weighted by molar-refractivity contribution is -0.158. The Morgan fingerprint density at radius 1 is 0.682 bits per heavy atom. The van der Waals surface area contributed by atoms with E-state index in [1.807, 2.05) is 0 Å². The molecular weight excluding hydrogens is 564 g/mol. The highest BCUT2D eigenvalue weighted by molar-refractivity contribution is 5.72. The lowest BCUT2D eigenvalue weighted by Gasteiger charge is -2.24. The molecule has 44 heavy (non-hydrogen) atoms. The van der Waals surface area contributed by atoms with Crippen molar-refractivity contribution in [3.8, 4) is 0 Å². The quantitative estimate of drug-likeness (QED) is 0.177. The van der Waals surface area contributed by atoms with Crippen LogP contribution in [0, 0.1) is 5.92 Å². The van der Waals surface area contributed by atoms with E-state index in [1.54, 1.807) is 68.5 Å². The van der Waals surface area contributed by atoms with Gasteiger partial charge in [0.2, 0.25) is 0 Å². The number of hydrogen-bond acceptors (Lipinski definition) is 9. The topological polar surface area (TPSA) is 168 Å². The number of unbranched alkanes of at least 4 members (excludes halogenated alkanes) is 3. The maximum atomic E-state index is 13.0. The van der Waals surface area contributed by atoms with Crippen LogP contribution in [-0.4, -0.2) is 90.5 Å². The minimum Gasteiger partial charge on any atom is -0.459 e. The Balaban J connectivity index is 3.00. The van der Waals surface area contributed by atoms with Crippen LogP contribution in [0.5, 0.6) is 0 Å². The molecule has 0 aromatic carbocycles. The van der Waals surface area contributed by atoms with Gasteiger partial charge in [-0.05, 0) is 64.4 Å². The molecule has 7 N–H and O–H groups in total. The first kappa shape index (κ1) is 39.9. The normalized spacial score (nSPS) is 37.4. The van der Waals surface area contributed by atoms with Crippen molar-refractivity contribution in [3.05, 3.63) is 60.3 Å². The number of ether oxygens (including phenoxy) is 1. The summed E-state index contributed by atoms with van der Waals surface area (Å²) in [6.07, 6.45) is 13.0. The standard InChI is InChI=1S/C35H58O9/c1-4-5-6-13-16-27-18-19-28(36)20-29(37)21-30(38)22-31(39)23-32(40)24-34(42)25(2)15-12-10-8-7-9-11-14-17-33(41)26(3)44-35(27)43/h7-12,14-15,17,26-34,36-42H,4-6,13,16,18-24H2,1-3H3/b8-7-,11-9-,12-10-,17-14-,25-15-/t26-,27?,28?,29?,30?,31?,32?,33+,34?/m1/s1. The van der Waals surface area contributed by atoms with Gasteiger partial charge in [-0.2, -0.15) is 0 Å². The second-order valence-corrected chi connectivity index (χ2v) is 12.2. The van der Waals surface area contributed by atoms with Crippen LogP contribution >= 0.6 is 0 Å². The highest BCUT2D eigenvalue weighted by atomic mass is 16.6. The molecule has 0 spiro atoms. The predicted molar refractivity (Wildman–Crippen MR) is 172 cm³/mol. The van der Waals surface area contributed by atoms with Crippen LogP contribution in [0.1, 0.15) is 97.8 Å². The van der Waals surface area contributed by atoms with Crippen LogP contribution in [0.4, 0.5) is 0 Å². The van der Waals surface area contributed by atoms with E-state index in [0.29, 0.717) is 18.4 Å². The molecule has 0 aromatic rings. The van der Waals surface area contributed by atoms with E-state index in [-0.39, 0.29) is 38.5 Å². The Hall–Kier alpha value is -2.11. The molecule has 0 radical (unpaired) electrons. The smallest absolute Gasteiger partial charge is 0.309 e. The molecule has 9 atom stereocenters. The fourth-order valence-electron chi connectivity index (χ4n) is 5.12. The Morgan fingerprint density at radius 3 is 1.80 bits per heavy atom. The molecule has 7 unspecified atom stereocenters. The van der Waals surface area contributed by atoms with Gasteiger partial charge < -0.3 is 40.5 Å². The zero-order valence-electron chi connectivity index (χ0n) is 26.8. The van der Waals surface area contributed by atoms with Crippen molar-refractivity contribution in [1.29, 1.82) is 0 Å². The van der Waals surface area contributed by atoms with E-state index < -0.39 is 60.7 Å². The maximum Gasteiger partial charge on any atom is 0.309 e. The number of carbonyl (C=O) groups is 1. The van der Waals surface area contributed by atoms with Gasteiger partial charge in [0.15, 0.2) is 0 Å². The monoisotopic (exact) mass is 622 g/mol. The van der Waals surface area contributed by atoms with Gasteiger partial charge in [0, 0.05) is 6.42 Å². The summed E-state index contributed by atoms with van der Waals surface area (Å²) in [5.74, 6) is -0.873. The van der Waals surface area contributed by atoms with E-state index >= 15 is 0 Å². The largest absolute Gasteiger partial charge is 0.459 e. The summed E-state index contributed by atoms with van der Waals surface area (Å²) in [7, 11) is 0. The first-order chi connectivity index (χ1) is 20.9. The van der Waals surface area contributed by atoms with Crippen molar-refractivity contribution in [3.63, 3.8) is 0 Å². The highest BCUT2D eigenvalue weighted by Gasteiger charge is 2.26. The number of carbonyl (C=O) groups excluding carboxylic acids is 1. The summed E-state index contributed by atoms with van der Waals surface area (Å²) in [5.41, 5.74) is 0.642. The first-order valence-corrected chi connectivity index (χ1v) is 16.2. The molecule has 0 aliphatic carbocycles. The van der Waals surface area contributed by atoms with Gasteiger partial charge in [-0.1, -0.05) is 87.3 Å². The van der Waals surface area contributed by atoms with Gasteiger partial charge >= 0.3 is 5.97 Å². The van der Waals surface area contributed by atoms with Crippen molar-refractivity contribution in [1.82, 2.24) is 0 Å². The third-order valence-corrected chi connectivity index (χ3v) is 7.90. The Bertz CT molecular complexity index is 925. The van der Waals surface area contributed by atoms with Crippen LogP contribution in [0.15, 0.2) is 60.3 Å². The van der Waals surface area contributed by atoms with Crippen molar-refractivity contribution in [2.24, 2.45) is 5.92 Å². The SMILES string of the molecule is CCCCCCC1CCC(O)CC(O)CC(O)CC(O)CC(O)CC(O)\C(C)=C/C=C\C=C/C=C\C=C/[C@H](O)[C@@H](C)OC1=O. The molecule has 1 aliphatic rings. The molecule has 9 nitrogen and oxygen atoms in total. The number of rotatable bonds is 5. The van der Waals surface area contributed by atoms with Crippen LogP contribution in [0.25, 0.3) is 0 Å². The van der Waals surface area contributed by atoms with E-state index in [4.69, 9.17) is 4.74 Å². The van der Waals surface area contributed by atoms with E-state index in [1.165, 1.54) is 0 Å². The molecule has 252 valence electrons. The third-order valence-electron chi connectivity index (χ3n) is 7.90. The van der Waals surface area contributed by atoms with Gasteiger partial charge in [0.05, 0.1) is 42.5 Å². The lowest BCUT2D eigenvalue weighted by Crippen LogP contribution is -2.31. The fourth-order valence-corrected chi connectivity index (χ4v) is 5.12. The molecule has 0 aromatic heterocycles. The van der Waals surface area contributed by atoms with Crippen LogP contribution < -0.4 is 0 Å². The second kappa shape index (κ2) is 23.3. The molecule has 1 heterocycles. The first-order valence-electron chi connectivity index (χ1n) is 16.2. The van der Waals surface area contributed by atoms with Gasteiger partial charge in [-0.25, -0.2) is 0 Å². The molecular formula is C35H58O9. The molecule has 0 fully saturated rings. The number of aliphatic hydroxyl groups is 7.